The maximum absolute atomic E-state index is 13.1. The van der Waals surface area contributed by atoms with Gasteiger partial charge in [0.2, 0.25) is 0 Å². The third-order valence-electron chi connectivity index (χ3n) is 9.21. The van der Waals surface area contributed by atoms with E-state index < -0.39 is 17.6 Å². The maximum Gasteiger partial charge on any atom is 0.143 e. The standard InChI is InChI=1S/C27H41BrO5/c1-16(2)10-18-11-17(3)27(33-18)7-6-25(4)13-20-24(22(30)14-26(20,5)31)19(15-32-9-8-28)21(29)12-23(25)27/h10,15,17-18,20-21,23-24,29,31H,6-9,11-14H2,1-5H3/b19-15+/t17-,18-,20-,21+,23+,24+,25+,26+,27-/m0/s1. The Bertz CT molecular complexity index is 830. The largest absolute Gasteiger partial charge is 0.500 e. The van der Waals surface area contributed by atoms with E-state index in [9.17, 15) is 15.0 Å². The van der Waals surface area contributed by atoms with Crippen LogP contribution in [0.4, 0.5) is 0 Å². The molecule has 2 N–H and O–H groups in total. The molecule has 0 aromatic rings. The number of hydrogen-bond acceptors (Lipinski definition) is 5. The summed E-state index contributed by atoms with van der Waals surface area (Å²) in [4.78, 5) is 13.1. The molecule has 186 valence electrons. The monoisotopic (exact) mass is 524 g/mol. The number of hydrogen-bond donors (Lipinski definition) is 2. The molecule has 0 radical (unpaired) electrons. The van der Waals surface area contributed by atoms with Crippen molar-refractivity contribution in [2.24, 2.45) is 29.1 Å². The SMILES string of the molecule is CC(C)=C[C@H]1C[C@H](C)[C@]2(CC[C@]3(C)C[C@H]4[C@H](C(=O)C[C@@]4(C)O)/C(=C/OCCBr)[C@H](O)C[C@H]32)O1. The van der Waals surface area contributed by atoms with E-state index in [1.807, 2.05) is 0 Å². The fraction of sp³-hybridized carbons (Fsp3) is 0.815. The van der Waals surface area contributed by atoms with E-state index in [0.717, 1.165) is 25.7 Å². The summed E-state index contributed by atoms with van der Waals surface area (Å²) in [7, 11) is 0. The Hall–Kier alpha value is -0.690. The van der Waals surface area contributed by atoms with Crippen LogP contribution >= 0.6 is 15.9 Å². The number of halogens is 1. The lowest BCUT2D eigenvalue weighted by Gasteiger charge is -2.47. The summed E-state index contributed by atoms with van der Waals surface area (Å²) in [5.74, 6) is -0.166. The summed E-state index contributed by atoms with van der Waals surface area (Å²) in [6, 6.07) is 0. The average Bonchev–Trinajstić information content (AvgIpc) is 3.23. The fourth-order valence-corrected chi connectivity index (χ4v) is 7.89. The molecule has 5 nitrogen and oxygen atoms in total. The molecule has 3 saturated carbocycles. The van der Waals surface area contributed by atoms with Crippen molar-refractivity contribution in [2.45, 2.75) is 96.6 Å². The highest BCUT2D eigenvalue weighted by molar-refractivity contribution is 9.09. The van der Waals surface area contributed by atoms with Crippen molar-refractivity contribution < 1.29 is 24.5 Å². The molecule has 4 rings (SSSR count). The van der Waals surface area contributed by atoms with Gasteiger partial charge in [-0.1, -0.05) is 41.4 Å². The molecular weight excluding hydrogens is 484 g/mol. The number of Topliss-reactive ketones (excluding diaryl/α,β-unsaturated/α-hetero) is 1. The molecule has 0 unspecified atom stereocenters. The summed E-state index contributed by atoms with van der Waals surface area (Å²) in [6.45, 7) is 11.1. The molecule has 0 bridgehead atoms. The predicted molar refractivity (Wildman–Crippen MR) is 132 cm³/mol. The van der Waals surface area contributed by atoms with E-state index in [2.05, 4.69) is 49.7 Å². The lowest BCUT2D eigenvalue weighted by atomic mass is 9.60. The molecule has 4 fully saturated rings. The van der Waals surface area contributed by atoms with Crippen LogP contribution in [-0.4, -0.2) is 51.3 Å². The molecule has 6 heteroatoms. The van der Waals surface area contributed by atoms with Gasteiger partial charge < -0.3 is 19.7 Å². The summed E-state index contributed by atoms with van der Waals surface area (Å²) >= 11 is 3.37. The molecule has 1 saturated heterocycles. The molecule has 0 aromatic heterocycles. The molecule has 1 spiro atoms. The lowest BCUT2D eigenvalue weighted by molar-refractivity contribution is -0.122. The molecular formula is C27H41BrO5. The van der Waals surface area contributed by atoms with Crippen LogP contribution in [0, 0.1) is 29.1 Å². The minimum atomic E-state index is -1.08. The number of carbonyl (C=O) groups is 1. The number of ketones is 1. The zero-order chi connectivity index (χ0) is 24.2. The van der Waals surface area contributed by atoms with Gasteiger partial charge in [-0.25, -0.2) is 0 Å². The van der Waals surface area contributed by atoms with Crippen LogP contribution in [0.15, 0.2) is 23.5 Å². The second-order valence-electron chi connectivity index (χ2n) is 11.9. The second-order valence-corrected chi connectivity index (χ2v) is 12.7. The highest BCUT2D eigenvalue weighted by Gasteiger charge is 2.65. The molecule has 0 aromatic carbocycles. The highest BCUT2D eigenvalue weighted by Crippen LogP contribution is 2.64. The third-order valence-corrected chi connectivity index (χ3v) is 9.54. The van der Waals surface area contributed by atoms with Gasteiger partial charge in [0.1, 0.15) is 5.78 Å². The number of alkyl halides is 1. The van der Waals surface area contributed by atoms with Crippen LogP contribution in [0.1, 0.15) is 73.1 Å². The first kappa shape index (κ1) is 25.4. The Labute approximate surface area is 207 Å². The molecule has 3 aliphatic carbocycles. The summed E-state index contributed by atoms with van der Waals surface area (Å²) in [6.07, 6.45) is 7.55. The van der Waals surface area contributed by atoms with Crippen LogP contribution in [0.25, 0.3) is 0 Å². The van der Waals surface area contributed by atoms with Crippen molar-refractivity contribution in [3.8, 4) is 0 Å². The van der Waals surface area contributed by atoms with E-state index in [4.69, 9.17) is 9.47 Å². The Morgan fingerprint density at radius 1 is 1.27 bits per heavy atom. The minimum absolute atomic E-state index is 0.0154. The number of rotatable bonds is 4. The van der Waals surface area contributed by atoms with E-state index in [1.54, 1.807) is 13.2 Å². The van der Waals surface area contributed by atoms with Crippen LogP contribution in [0.3, 0.4) is 0 Å². The van der Waals surface area contributed by atoms with Gasteiger partial charge in [-0.2, -0.15) is 0 Å². The first-order chi connectivity index (χ1) is 15.4. The third kappa shape index (κ3) is 4.39. The van der Waals surface area contributed by atoms with E-state index in [0.29, 0.717) is 29.8 Å². The predicted octanol–water partition coefficient (Wildman–Crippen LogP) is 4.94. The molecule has 1 aliphatic heterocycles. The Morgan fingerprint density at radius 3 is 2.67 bits per heavy atom. The van der Waals surface area contributed by atoms with Gasteiger partial charge in [0.15, 0.2) is 0 Å². The minimum Gasteiger partial charge on any atom is -0.500 e. The summed E-state index contributed by atoms with van der Waals surface area (Å²) in [5.41, 5.74) is 0.438. The summed E-state index contributed by atoms with van der Waals surface area (Å²) < 4.78 is 12.6. The number of carbonyl (C=O) groups excluding carboxylic acids is 1. The molecule has 33 heavy (non-hydrogen) atoms. The Morgan fingerprint density at radius 2 is 2.00 bits per heavy atom. The highest BCUT2D eigenvalue weighted by atomic mass is 79.9. The topological polar surface area (TPSA) is 76.0 Å². The second kappa shape index (κ2) is 9.07. The Balaban J connectivity index is 1.74. The van der Waals surface area contributed by atoms with Gasteiger partial charge >= 0.3 is 0 Å². The lowest BCUT2D eigenvalue weighted by Crippen LogP contribution is -2.49. The van der Waals surface area contributed by atoms with Gasteiger partial charge in [-0.3, -0.25) is 4.79 Å². The van der Waals surface area contributed by atoms with Crippen molar-refractivity contribution >= 4 is 21.7 Å². The van der Waals surface area contributed by atoms with Crippen LogP contribution in [0.5, 0.6) is 0 Å². The van der Waals surface area contributed by atoms with E-state index in [-0.39, 0.29) is 41.2 Å². The molecule has 4 aliphatic rings. The number of aliphatic hydroxyl groups excluding tert-OH is 1. The average molecular weight is 526 g/mol. The van der Waals surface area contributed by atoms with Crippen LogP contribution < -0.4 is 0 Å². The Kier molecular flexibility index (Phi) is 6.98. The smallest absolute Gasteiger partial charge is 0.143 e. The number of allylic oxidation sites excluding steroid dienone is 1. The van der Waals surface area contributed by atoms with Crippen molar-refractivity contribution in [2.75, 3.05) is 11.9 Å². The first-order valence-electron chi connectivity index (χ1n) is 12.6. The van der Waals surface area contributed by atoms with Gasteiger partial charge in [-0.15, -0.1) is 0 Å². The summed E-state index contributed by atoms with van der Waals surface area (Å²) in [5, 5.41) is 23.5. The normalized spacial score (nSPS) is 48.5. The first-order valence-corrected chi connectivity index (χ1v) is 13.7. The van der Waals surface area contributed by atoms with Crippen LogP contribution in [-0.2, 0) is 14.3 Å². The fourth-order valence-electron chi connectivity index (χ4n) is 7.70. The van der Waals surface area contributed by atoms with Gasteiger partial charge in [0.05, 0.1) is 42.2 Å². The number of fused-ring (bicyclic) bond motifs is 3. The van der Waals surface area contributed by atoms with Gasteiger partial charge in [0.25, 0.3) is 0 Å². The van der Waals surface area contributed by atoms with Crippen molar-refractivity contribution in [1.29, 1.82) is 0 Å². The number of aliphatic hydroxyl groups is 2. The zero-order valence-electron chi connectivity index (χ0n) is 20.8. The number of ether oxygens (including phenoxy) is 2. The van der Waals surface area contributed by atoms with Crippen molar-refractivity contribution in [3.63, 3.8) is 0 Å². The molecule has 1 heterocycles. The molecule has 0 amide bonds. The molecule has 9 atom stereocenters. The van der Waals surface area contributed by atoms with E-state index >= 15 is 0 Å². The van der Waals surface area contributed by atoms with Crippen molar-refractivity contribution in [1.82, 2.24) is 0 Å². The van der Waals surface area contributed by atoms with Gasteiger partial charge in [0, 0.05) is 23.2 Å². The zero-order valence-corrected chi connectivity index (χ0v) is 22.4. The maximum atomic E-state index is 13.1. The quantitative estimate of drug-likeness (QED) is 0.235. The van der Waals surface area contributed by atoms with Gasteiger partial charge in [-0.05, 0) is 70.1 Å². The van der Waals surface area contributed by atoms with Crippen molar-refractivity contribution in [3.05, 3.63) is 23.5 Å². The van der Waals surface area contributed by atoms with E-state index in [1.165, 1.54) is 5.57 Å². The van der Waals surface area contributed by atoms with Crippen LogP contribution in [0.2, 0.25) is 0 Å².